The zero-order valence-electron chi connectivity index (χ0n) is 28.5. The summed E-state index contributed by atoms with van der Waals surface area (Å²) < 4.78 is 6.73. The highest BCUT2D eigenvalue weighted by molar-refractivity contribution is 7.26. The fourth-order valence-electron chi connectivity index (χ4n) is 9.81. The van der Waals surface area contributed by atoms with Crippen molar-refractivity contribution in [1.82, 2.24) is 4.57 Å². The number of hydrogen-bond acceptors (Lipinski definition) is 3. The molecule has 0 fully saturated rings. The van der Waals surface area contributed by atoms with Crippen LogP contribution < -0.4 is 4.90 Å². The molecule has 0 saturated heterocycles. The summed E-state index contributed by atoms with van der Waals surface area (Å²) in [7, 11) is 0. The number of nitrogens with zero attached hydrogens (tertiary/aromatic N) is 2. The third-order valence-corrected chi connectivity index (χ3v) is 14.3. The predicted molar refractivity (Wildman–Crippen MR) is 225 cm³/mol. The lowest BCUT2D eigenvalue weighted by atomic mass is 9.86. The number of fused-ring (bicyclic) bond motifs is 12. The van der Waals surface area contributed by atoms with Crippen LogP contribution in [0.1, 0.15) is 47.2 Å². The van der Waals surface area contributed by atoms with Gasteiger partial charge in [-0.2, -0.15) is 0 Å². The zero-order chi connectivity index (χ0) is 33.9. The van der Waals surface area contributed by atoms with Crippen LogP contribution >= 0.6 is 22.7 Å². The molecule has 248 valence electrons. The van der Waals surface area contributed by atoms with Gasteiger partial charge in [0.15, 0.2) is 0 Å². The van der Waals surface area contributed by atoms with E-state index in [1.807, 2.05) is 22.7 Å². The molecule has 3 unspecified atom stereocenters. The van der Waals surface area contributed by atoms with E-state index < -0.39 is 0 Å². The van der Waals surface area contributed by atoms with Crippen LogP contribution in [0.15, 0.2) is 146 Å². The average molecular weight is 703 g/mol. The van der Waals surface area contributed by atoms with E-state index in [0.29, 0.717) is 12.0 Å². The number of para-hydroxylation sites is 1. The van der Waals surface area contributed by atoms with E-state index in [0.717, 1.165) is 19.3 Å². The van der Waals surface area contributed by atoms with Crippen LogP contribution in [0, 0.1) is 0 Å². The fraction of sp³-hybridized carbons (Fsp3) is 0.125. The molecule has 52 heavy (non-hydrogen) atoms. The molecule has 3 atom stereocenters. The monoisotopic (exact) mass is 702 g/mol. The molecule has 0 bridgehead atoms. The van der Waals surface area contributed by atoms with Crippen molar-refractivity contribution in [2.45, 2.75) is 37.3 Å². The van der Waals surface area contributed by atoms with Crippen molar-refractivity contribution in [2.24, 2.45) is 0 Å². The zero-order valence-corrected chi connectivity index (χ0v) is 30.1. The Morgan fingerprint density at radius 3 is 2.25 bits per heavy atom. The summed E-state index contributed by atoms with van der Waals surface area (Å²) in [6.07, 6.45) is 12.9. The van der Waals surface area contributed by atoms with Crippen LogP contribution in [-0.2, 0) is 0 Å². The molecule has 4 heterocycles. The molecule has 0 radical (unpaired) electrons. The highest BCUT2D eigenvalue weighted by Gasteiger charge is 2.40. The van der Waals surface area contributed by atoms with Crippen LogP contribution in [-0.4, -0.2) is 10.6 Å². The van der Waals surface area contributed by atoms with Crippen LogP contribution in [0.5, 0.6) is 0 Å². The first-order chi connectivity index (χ1) is 25.8. The molecule has 0 amide bonds. The quantitative estimate of drug-likeness (QED) is 0.166. The van der Waals surface area contributed by atoms with Crippen molar-refractivity contribution in [2.75, 3.05) is 4.90 Å². The Hall–Kier alpha value is -5.42. The van der Waals surface area contributed by atoms with Crippen LogP contribution in [0.3, 0.4) is 0 Å². The number of anilines is 2. The second kappa shape index (κ2) is 11.0. The average Bonchev–Trinajstić information content (AvgIpc) is 3.95. The van der Waals surface area contributed by atoms with Gasteiger partial charge in [-0.25, -0.2) is 0 Å². The lowest BCUT2D eigenvalue weighted by Gasteiger charge is -2.32. The van der Waals surface area contributed by atoms with Crippen molar-refractivity contribution in [3.8, 4) is 11.1 Å². The number of thiophene rings is 2. The van der Waals surface area contributed by atoms with Gasteiger partial charge in [0.1, 0.15) is 0 Å². The molecule has 2 aliphatic carbocycles. The van der Waals surface area contributed by atoms with Gasteiger partial charge in [0.25, 0.3) is 0 Å². The summed E-state index contributed by atoms with van der Waals surface area (Å²) in [4.78, 5) is 4.08. The normalized spacial score (nSPS) is 19.3. The molecule has 4 heteroatoms. The number of hydrogen-bond donors (Lipinski definition) is 0. The molecular formula is C48H34N2S2. The first-order valence-electron chi connectivity index (χ1n) is 18.5. The minimum absolute atomic E-state index is 0.259. The summed E-state index contributed by atoms with van der Waals surface area (Å²) in [5, 5.41) is 6.81. The van der Waals surface area contributed by atoms with Gasteiger partial charge in [0, 0.05) is 74.8 Å². The molecule has 3 aromatic heterocycles. The minimum atomic E-state index is 0.259. The van der Waals surface area contributed by atoms with Crippen molar-refractivity contribution < 1.29 is 0 Å². The van der Waals surface area contributed by atoms with Gasteiger partial charge in [-0.15, -0.1) is 22.7 Å². The molecule has 0 N–H and O–H groups in total. The molecular weight excluding hydrogens is 669 g/mol. The van der Waals surface area contributed by atoms with E-state index in [4.69, 9.17) is 0 Å². The number of rotatable bonds is 3. The molecule has 9 aromatic rings. The highest BCUT2D eigenvalue weighted by atomic mass is 32.1. The smallest absolute Gasteiger partial charge is 0.0646 e. The largest absolute Gasteiger partial charge is 0.337 e. The standard InChI is InChI=1S/C48H34N2S2/c1-5-15-37-31(11-1)35-27-29(23-25-39(35)49(37)41-17-9-21-45-47(41)33-13-3-7-19-43(33)51-45)30-24-26-40-36(28-30)32-12-2-6-16-38(32)50(40)42-18-10-22-46-48(42)34-14-4-8-20-44(34)52-46/h1-5,7-15,18-28,32,38,41H,6,16-17H2. The summed E-state index contributed by atoms with van der Waals surface area (Å²) in [6.45, 7) is 0. The summed E-state index contributed by atoms with van der Waals surface area (Å²) in [5.41, 5.74) is 10.8. The predicted octanol–water partition coefficient (Wildman–Crippen LogP) is 14.0. The van der Waals surface area contributed by atoms with Crippen molar-refractivity contribution in [3.05, 3.63) is 162 Å². The third-order valence-electron chi connectivity index (χ3n) is 12.0. The van der Waals surface area contributed by atoms with E-state index in [9.17, 15) is 0 Å². The van der Waals surface area contributed by atoms with Crippen molar-refractivity contribution in [3.63, 3.8) is 0 Å². The lowest BCUT2D eigenvalue weighted by molar-refractivity contribution is 0.566. The maximum absolute atomic E-state index is 2.69. The second-order valence-electron chi connectivity index (χ2n) is 14.6. The second-order valence-corrected chi connectivity index (χ2v) is 16.8. The van der Waals surface area contributed by atoms with E-state index >= 15 is 0 Å². The molecule has 6 aromatic carbocycles. The van der Waals surface area contributed by atoms with Gasteiger partial charge >= 0.3 is 0 Å². The maximum Gasteiger partial charge on any atom is 0.0646 e. The molecule has 0 saturated carbocycles. The Labute approximate surface area is 310 Å². The molecule has 3 aliphatic rings. The van der Waals surface area contributed by atoms with Gasteiger partial charge in [-0.1, -0.05) is 91.0 Å². The van der Waals surface area contributed by atoms with Crippen LogP contribution in [0.4, 0.5) is 11.4 Å². The maximum atomic E-state index is 2.69. The summed E-state index contributed by atoms with van der Waals surface area (Å²) in [6, 6.07) is 49.0. The summed E-state index contributed by atoms with van der Waals surface area (Å²) >= 11 is 3.83. The Morgan fingerprint density at radius 2 is 1.33 bits per heavy atom. The SMILES string of the molecule is C1=CC2c3cc(-c4ccc5c(c4)c4ccccc4n5C4CC=Cc5sc6ccccc6c54)ccc3N(c3cccc4sc5ccccc5c34)C2CC1. The number of allylic oxidation sites excluding steroid dienone is 2. The minimum Gasteiger partial charge on any atom is -0.337 e. The molecule has 2 nitrogen and oxygen atoms in total. The van der Waals surface area contributed by atoms with Gasteiger partial charge in [-0.3, -0.25) is 0 Å². The molecule has 1 aliphatic heterocycles. The van der Waals surface area contributed by atoms with Crippen molar-refractivity contribution >= 4 is 92.2 Å². The van der Waals surface area contributed by atoms with Gasteiger partial charge in [-0.05, 0) is 102 Å². The first kappa shape index (κ1) is 29.2. The molecule has 0 spiro atoms. The van der Waals surface area contributed by atoms with Crippen LogP contribution in [0.2, 0.25) is 0 Å². The third kappa shape index (κ3) is 4.05. The van der Waals surface area contributed by atoms with Crippen LogP contribution in [0.25, 0.3) is 69.3 Å². The first-order valence-corrected chi connectivity index (χ1v) is 20.1. The Bertz CT molecular complexity index is 2990. The number of benzene rings is 6. The Morgan fingerprint density at radius 1 is 0.577 bits per heavy atom. The van der Waals surface area contributed by atoms with E-state index in [2.05, 4.69) is 161 Å². The fourth-order valence-corrected chi connectivity index (χ4v) is 12.1. The number of aromatic nitrogens is 1. The van der Waals surface area contributed by atoms with E-state index in [1.165, 1.54) is 90.6 Å². The highest BCUT2D eigenvalue weighted by Crippen LogP contribution is 2.53. The summed E-state index contributed by atoms with van der Waals surface area (Å²) in [5.74, 6) is 0.378. The van der Waals surface area contributed by atoms with Gasteiger partial charge in [0.05, 0.1) is 11.7 Å². The van der Waals surface area contributed by atoms with Gasteiger partial charge in [0.2, 0.25) is 0 Å². The van der Waals surface area contributed by atoms with E-state index in [-0.39, 0.29) is 6.04 Å². The Balaban J connectivity index is 1.01. The lowest BCUT2D eigenvalue weighted by Crippen LogP contribution is -2.30. The topological polar surface area (TPSA) is 8.17 Å². The van der Waals surface area contributed by atoms with Gasteiger partial charge < -0.3 is 9.47 Å². The van der Waals surface area contributed by atoms with Crippen molar-refractivity contribution in [1.29, 1.82) is 0 Å². The Kier molecular flexibility index (Phi) is 6.20. The van der Waals surface area contributed by atoms with E-state index in [1.54, 1.807) is 0 Å². The molecule has 12 rings (SSSR count).